The van der Waals surface area contributed by atoms with Gasteiger partial charge in [0.2, 0.25) is 5.91 Å². The number of hydrogen-bond acceptors (Lipinski definition) is 3. The van der Waals surface area contributed by atoms with Gasteiger partial charge in [-0.25, -0.2) is 0 Å². The second-order valence-electron chi connectivity index (χ2n) is 5.90. The first-order valence-electron chi connectivity index (χ1n) is 7.43. The van der Waals surface area contributed by atoms with Crippen molar-refractivity contribution in [2.45, 2.75) is 38.6 Å². The molecule has 1 aliphatic rings. The summed E-state index contributed by atoms with van der Waals surface area (Å²) in [6, 6.07) is 8.31. The van der Waals surface area contributed by atoms with Crippen LogP contribution in [0.3, 0.4) is 0 Å². The molecule has 1 aromatic rings. The number of halogens is 1. The van der Waals surface area contributed by atoms with Crippen LogP contribution in [0.25, 0.3) is 0 Å². The van der Waals surface area contributed by atoms with E-state index in [0.717, 1.165) is 31.6 Å². The van der Waals surface area contributed by atoms with E-state index in [-0.39, 0.29) is 18.3 Å². The highest BCUT2D eigenvalue weighted by molar-refractivity contribution is 5.93. The first-order chi connectivity index (χ1) is 9.56. The van der Waals surface area contributed by atoms with Crippen molar-refractivity contribution in [2.24, 2.45) is 5.73 Å². The van der Waals surface area contributed by atoms with Gasteiger partial charge in [0.05, 0.1) is 6.54 Å². The van der Waals surface area contributed by atoms with Crippen LogP contribution < -0.4 is 11.1 Å². The lowest BCUT2D eigenvalue weighted by Gasteiger charge is -2.29. The van der Waals surface area contributed by atoms with Gasteiger partial charge < -0.3 is 11.1 Å². The van der Waals surface area contributed by atoms with Crippen molar-refractivity contribution >= 4 is 24.0 Å². The summed E-state index contributed by atoms with van der Waals surface area (Å²) in [7, 11) is 0. The molecule has 0 unspecified atom stereocenters. The van der Waals surface area contributed by atoms with Crippen LogP contribution >= 0.6 is 12.4 Å². The highest BCUT2D eigenvalue weighted by atomic mass is 35.5. The minimum atomic E-state index is 0. The predicted molar refractivity (Wildman–Crippen MR) is 90.1 cm³/mol. The molecule has 0 atom stereocenters. The van der Waals surface area contributed by atoms with Gasteiger partial charge in [-0.3, -0.25) is 9.69 Å². The summed E-state index contributed by atoms with van der Waals surface area (Å²) in [6.45, 7) is 6.56. The first-order valence-corrected chi connectivity index (χ1v) is 7.43. The molecule has 1 saturated heterocycles. The summed E-state index contributed by atoms with van der Waals surface area (Å²) in [4.78, 5) is 14.3. The third-order valence-electron chi connectivity index (χ3n) is 3.86. The number of anilines is 1. The molecule has 118 valence electrons. The van der Waals surface area contributed by atoms with Crippen LogP contribution in [0.5, 0.6) is 0 Å². The Bertz CT molecular complexity index is 457. The first kappa shape index (κ1) is 18.0. The summed E-state index contributed by atoms with van der Waals surface area (Å²) >= 11 is 0. The van der Waals surface area contributed by atoms with Crippen LogP contribution in [-0.2, 0) is 4.79 Å². The lowest BCUT2D eigenvalue weighted by Crippen LogP contribution is -2.43. The number of carbonyl (C=O) groups is 1. The SMILES string of the molecule is CC(C)c1ccccc1NC(=O)CN1CCC(N)CC1.Cl. The van der Waals surface area contributed by atoms with Crippen LogP contribution in [0.15, 0.2) is 24.3 Å². The number of piperidine rings is 1. The van der Waals surface area contributed by atoms with Gasteiger partial charge in [0.25, 0.3) is 0 Å². The summed E-state index contributed by atoms with van der Waals surface area (Å²) < 4.78 is 0. The third kappa shape index (κ3) is 5.30. The number of benzene rings is 1. The number of nitrogens with zero attached hydrogens (tertiary/aromatic N) is 1. The second-order valence-corrected chi connectivity index (χ2v) is 5.90. The van der Waals surface area contributed by atoms with Crippen molar-refractivity contribution < 1.29 is 4.79 Å². The van der Waals surface area contributed by atoms with Crippen molar-refractivity contribution in [3.63, 3.8) is 0 Å². The topological polar surface area (TPSA) is 58.4 Å². The number of hydrogen-bond donors (Lipinski definition) is 2. The summed E-state index contributed by atoms with van der Waals surface area (Å²) in [5.74, 6) is 0.466. The number of rotatable bonds is 4. The van der Waals surface area contributed by atoms with E-state index in [1.54, 1.807) is 0 Å². The molecule has 0 radical (unpaired) electrons. The van der Waals surface area contributed by atoms with Gasteiger partial charge in [-0.2, -0.15) is 0 Å². The van der Waals surface area contributed by atoms with Crippen LogP contribution in [0.1, 0.15) is 38.2 Å². The highest BCUT2D eigenvalue weighted by Gasteiger charge is 2.18. The summed E-state index contributed by atoms with van der Waals surface area (Å²) in [6.07, 6.45) is 1.96. The molecular formula is C16H26ClN3O. The fraction of sp³-hybridized carbons (Fsp3) is 0.562. The third-order valence-corrected chi connectivity index (χ3v) is 3.86. The maximum absolute atomic E-state index is 12.2. The lowest BCUT2D eigenvalue weighted by molar-refractivity contribution is -0.117. The van der Waals surface area contributed by atoms with E-state index in [1.165, 1.54) is 5.56 Å². The number of nitrogens with two attached hydrogens (primary N) is 1. The Morgan fingerprint density at radius 3 is 2.57 bits per heavy atom. The number of para-hydroxylation sites is 1. The molecule has 1 fully saturated rings. The molecule has 5 heteroatoms. The summed E-state index contributed by atoms with van der Waals surface area (Å²) in [5.41, 5.74) is 7.99. The van der Waals surface area contributed by atoms with Crippen molar-refractivity contribution in [1.82, 2.24) is 4.90 Å². The molecule has 1 aliphatic heterocycles. The molecule has 4 nitrogen and oxygen atoms in total. The minimum Gasteiger partial charge on any atom is -0.328 e. The van der Waals surface area contributed by atoms with Crippen LogP contribution in [0.2, 0.25) is 0 Å². The standard InChI is InChI=1S/C16H25N3O.ClH/c1-12(2)14-5-3-4-6-15(14)18-16(20)11-19-9-7-13(17)8-10-19;/h3-6,12-13H,7-11,17H2,1-2H3,(H,18,20);1H. The molecule has 21 heavy (non-hydrogen) atoms. The molecule has 0 aromatic heterocycles. The Labute approximate surface area is 133 Å². The molecule has 1 heterocycles. The van der Waals surface area contributed by atoms with Gasteiger partial charge in [0.1, 0.15) is 0 Å². The molecule has 2 rings (SSSR count). The number of likely N-dealkylation sites (tertiary alicyclic amines) is 1. The Balaban J connectivity index is 0.00000220. The Morgan fingerprint density at radius 2 is 1.95 bits per heavy atom. The lowest BCUT2D eigenvalue weighted by atomic mass is 10.0. The van der Waals surface area contributed by atoms with Gasteiger partial charge in [-0.15, -0.1) is 12.4 Å². The minimum absolute atomic E-state index is 0. The maximum Gasteiger partial charge on any atom is 0.238 e. The average Bonchev–Trinajstić information content (AvgIpc) is 2.41. The molecule has 3 N–H and O–H groups in total. The fourth-order valence-electron chi connectivity index (χ4n) is 2.62. The Morgan fingerprint density at radius 1 is 1.33 bits per heavy atom. The van der Waals surface area contributed by atoms with Crippen LogP contribution in [-0.4, -0.2) is 36.5 Å². The van der Waals surface area contributed by atoms with E-state index in [9.17, 15) is 4.79 Å². The highest BCUT2D eigenvalue weighted by Crippen LogP contribution is 2.23. The molecule has 1 amide bonds. The smallest absolute Gasteiger partial charge is 0.238 e. The van der Waals surface area contributed by atoms with Gasteiger partial charge in [-0.05, 0) is 30.4 Å². The van der Waals surface area contributed by atoms with Crippen molar-refractivity contribution in [2.75, 3.05) is 25.0 Å². The normalized spacial score (nSPS) is 16.6. The summed E-state index contributed by atoms with van der Waals surface area (Å²) in [5, 5.41) is 3.04. The zero-order valence-electron chi connectivity index (χ0n) is 12.8. The Hall–Kier alpha value is -1.10. The van der Waals surface area contributed by atoms with E-state index in [2.05, 4.69) is 30.1 Å². The van der Waals surface area contributed by atoms with Gasteiger partial charge in [-0.1, -0.05) is 32.0 Å². The molecule has 0 aliphatic carbocycles. The van der Waals surface area contributed by atoms with E-state index < -0.39 is 0 Å². The largest absolute Gasteiger partial charge is 0.328 e. The molecule has 1 aromatic carbocycles. The van der Waals surface area contributed by atoms with Crippen LogP contribution in [0, 0.1) is 0 Å². The maximum atomic E-state index is 12.2. The second kappa shape index (κ2) is 8.37. The van der Waals surface area contributed by atoms with E-state index in [1.807, 2.05) is 18.2 Å². The molecular weight excluding hydrogens is 286 g/mol. The van der Waals surface area contributed by atoms with Crippen molar-refractivity contribution in [3.05, 3.63) is 29.8 Å². The van der Waals surface area contributed by atoms with Gasteiger partial charge in [0.15, 0.2) is 0 Å². The van der Waals surface area contributed by atoms with E-state index in [4.69, 9.17) is 5.73 Å². The van der Waals surface area contributed by atoms with Gasteiger partial charge in [0, 0.05) is 24.8 Å². The zero-order valence-corrected chi connectivity index (χ0v) is 13.7. The molecule has 0 bridgehead atoms. The van der Waals surface area contributed by atoms with Crippen molar-refractivity contribution in [1.29, 1.82) is 0 Å². The zero-order chi connectivity index (χ0) is 14.5. The van der Waals surface area contributed by atoms with Crippen molar-refractivity contribution in [3.8, 4) is 0 Å². The number of nitrogens with one attached hydrogen (secondary N) is 1. The number of carbonyl (C=O) groups excluding carboxylic acids is 1. The number of amides is 1. The molecule has 0 saturated carbocycles. The van der Waals surface area contributed by atoms with Crippen LogP contribution in [0.4, 0.5) is 5.69 Å². The Kier molecular flexibility index (Phi) is 7.15. The van der Waals surface area contributed by atoms with Gasteiger partial charge >= 0.3 is 0 Å². The predicted octanol–water partition coefficient (Wildman–Crippen LogP) is 2.59. The van der Waals surface area contributed by atoms with E-state index in [0.29, 0.717) is 18.5 Å². The van der Waals surface area contributed by atoms with E-state index >= 15 is 0 Å². The average molecular weight is 312 g/mol. The monoisotopic (exact) mass is 311 g/mol. The quantitative estimate of drug-likeness (QED) is 0.898. The fourth-order valence-corrected chi connectivity index (χ4v) is 2.62. The molecule has 0 spiro atoms.